The van der Waals surface area contributed by atoms with Crippen molar-refractivity contribution in [3.8, 4) is 11.6 Å². The molecular weight excluding hydrogens is 451 g/mol. The van der Waals surface area contributed by atoms with Crippen LogP contribution in [0.2, 0.25) is 0 Å². The van der Waals surface area contributed by atoms with E-state index in [4.69, 9.17) is 4.74 Å². The highest BCUT2D eigenvalue weighted by molar-refractivity contribution is 7.98. The number of aromatic nitrogens is 2. The van der Waals surface area contributed by atoms with Gasteiger partial charge in [0.05, 0.1) is 12.4 Å². The first-order valence-electron chi connectivity index (χ1n) is 11.0. The Morgan fingerprint density at radius 2 is 1.85 bits per heavy atom. The smallest absolute Gasteiger partial charge is 0.255 e. The Morgan fingerprint density at radius 1 is 1.06 bits per heavy atom. The maximum absolute atomic E-state index is 14.3. The Kier molecular flexibility index (Phi) is 6.31. The van der Waals surface area contributed by atoms with Crippen molar-refractivity contribution in [3.05, 3.63) is 78.4 Å². The second-order valence-corrected chi connectivity index (χ2v) is 8.83. The van der Waals surface area contributed by atoms with Gasteiger partial charge in [0.1, 0.15) is 16.6 Å². The molecule has 1 aliphatic rings. The lowest BCUT2D eigenvalue weighted by Gasteiger charge is -2.19. The third-order valence-corrected chi connectivity index (χ3v) is 6.38. The Bertz CT molecular complexity index is 1360. The number of benzene rings is 3. The van der Waals surface area contributed by atoms with Gasteiger partial charge in [-0.05, 0) is 49.4 Å². The zero-order valence-corrected chi connectivity index (χ0v) is 19.4. The number of ether oxygens (including phenoxy) is 1. The van der Waals surface area contributed by atoms with Crippen LogP contribution in [0.3, 0.4) is 0 Å². The largest absolute Gasteiger partial charge is 0.437 e. The zero-order valence-electron chi connectivity index (χ0n) is 18.6. The molecule has 4 aromatic rings. The van der Waals surface area contributed by atoms with Gasteiger partial charge in [-0.3, -0.25) is 9.78 Å². The van der Waals surface area contributed by atoms with E-state index in [1.165, 1.54) is 23.9 Å². The molecule has 1 saturated heterocycles. The summed E-state index contributed by atoms with van der Waals surface area (Å²) in [6.07, 6.45) is 7.31. The number of nitrogens with one attached hydrogen (secondary N) is 1. The molecule has 1 aliphatic heterocycles. The van der Waals surface area contributed by atoms with E-state index < -0.39 is 5.82 Å². The molecule has 3 aromatic carbocycles. The molecule has 1 N–H and O–H groups in total. The molecule has 5 rings (SSSR count). The summed E-state index contributed by atoms with van der Waals surface area (Å²) in [5.74, 6) is 0.209. The number of hydrogen-bond acceptors (Lipinski definition) is 6. The Labute approximate surface area is 201 Å². The van der Waals surface area contributed by atoms with Crippen molar-refractivity contribution in [1.29, 1.82) is 0 Å². The molecule has 0 bridgehead atoms. The monoisotopic (exact) mass is 474 g/mol. The van der Waals surface area contributed by atoms with Crippen LogP contribution in [0, 0.1) is 5.82 Å². The predicted octanol–water partition coefficient (Wildman–Crippen LogP) is 6.14. The molecule has 0 aliphatic carbocycles. The van der Waals surface area contributed by atoms with Crippen molar-refractivity contribution in [2.45, 2.75) is 17.9 Å². The third kappa shape index (κ3) is 4.68. The number of nitrogens with zero attached hydrogens (tertiary/aromatic N) is 3. The van der Waals surface area contributed by atoms with E-state index in [2.05, 4.69) is 20.2 Å². The fourth-order valence-electron chi connectivity index (χ4n) is 4.12. The SMILES string of the molecule is CSc1cncc(Oc2ccc(NC(=O)c3cc(F)cc(N4CCCC4)c3)c3ccccc23)n1. The fraction of sp³-hybridized carbons (Fsp3) is 0.192. The van der Waals surface area contributed by atoms with Gasteiger partial charge in [-0.1, -0.05) is 24.3 Å². The Balaban J connectivity index is 1.43. The van der Waals surface area contributed by atoms with Crippen molar-refractivity contribution in [2.75, 3.05) is 29.6 Å². The number of anilines is 2. The highest BCUT2D eigenvalue weighted by Gasteiger charge is 2.17. The first-order chi connectivity index (χ1) is 16.6. The van der Waals surface area contributed by atoms with Crippen LogP contribution in [0.1, 0.15) is 23.2 Å². The van der Waals surface area contributed by atoms with Crippen LogP contribution in [-0.4, -0.2) is 35.2 Å². The molecule has 8 heteroatoms. The van der Waals surface area contributed by atoms with Crippen molar-refractivity contribution in [1.82, 2.24) is 9.97 Å². The molecule has 0 atom stereocenters. The van der Waals surface area contributed by atoms with E-state index in [9.17, 15) is 9.18 Å². The van der Waals surface area contributed by atoms with Gasteiger partial charge < -0.3 is 15.0 Å². The van der Waals surface area contributed by atoms with Crippen molar-refractivity contribution in [2.24, 2.45) is 0 Å². The number of hydrogen-bond donors (Lipinski definition) is 1. The van der Waals surface area contributed by atoms with Crippen LogP contribution in [0.4, 0.5) is 15.8 Å². The fourth-order valence-corrected chi connectivity index (χ4v) is 4.47. The van der Waals surface area contributed by atoms with E-state index in [0.717, 1.165) is 47.4 Å². The van der Waals surface area contributed by atoms with Crippen LogP contribution in [0.25, 0.3) is 10.8 Å². The maximum atomic E-state index is 14.3. The molecule has 6 nitrogen and oxygen atoms in total. The zero-order chi connectivity index (χ0) is 23.5. The minimum atomic E-state index is -0.420. The quantitative estimate of drug-likeness (QED) is 0.339. The third-order valence-electron chi connectivity index (χ3n) is 5.76. The minimum Gasteiger partial charge on any atom is -0.437 e. The Hall–Kier alpha value is -3.65. The normalized spacial score (nSPS) is 13.3. The highest BCUT2D eigenvalue weighted by atomic mass is 32.2. The lowest BCUT2D eigenvalue weighted by atomic mass is 10.1. The van der Waals surface area contributed by atoms with Gasteiger partial charge in [0.2, 0.25) is 5.88 Å². The first-order valence-corrected chi connectivity index (χ1v) is 12.3. The minimum absolute atomic E-state index is 0.287. The van der Waals surface area contributed by atoms with Crippen molar-refractivity contribution < 1.29 is 13.9 Å². The number of thioether (sulfide) groups is 1. The molecule has 1 amide bonds. The molecule has 0 spiro atoms. The van der Waals surface area contributed by atoms with Gasteiger partial charge in [-0.25, -0.2) is 9.37 Å². The number of carbonyl (C=O) groups excluding carboxylic acids is 1. The van der Waals surface area contributed by atoms with Crippen molar-refractivity contribution >= 4 is 39.8 Å². The maximum Gasteiger partial charge on any atom is 0.255 e. The molecule has 0 unspecified atom stereocenters. The van der Waals surface area contributed by atoms with E-state index in [1.807, 2.05) is 30.5 Å². The van der Waals surface area contributed by atoms with E-state index in [-0.39, 0.29) is 11.5 Å². The van der Waals surface area contributed by atoms with Gasteiger partial charge in [0.15, 0.2) is 0 Å². The van der Waals surface area contributed by atoms with Gasteiger partial charge in [-0.15, -0.1) is 11.8 Å². The summed E-state index contributed by atoms with van der Waals surface area (Å²) < 4.78 is 20.3. The predicted molar refractivity (Wildman–Crippen MR) is 134 cm³/mol. The molecule has 2 heterocycles. The molecular formula is C26H23FN4O2S. The number of fused-ring (bicyclic) bond motifs is 1. The van der Waals surface area contributed by atoms with Gasteiger partial charge in [0, 0.05) is 40.8 Å². The average molecular weight is 475 g/mol. The lowest BCUT2D eigenvalue weighted by Crippen LogP contribution is -2.19. The van der Waals surface area contributed by atoms with Crippen molar-refractivity contribution in [3.63, 3.8) is 0 Å². The molecule has 1 aromatic heterocycles. The summed E-state index contributed by atoms with van der Waals surface area (Å²) in [6, 6.07) is 15.7. The van der Waals surface area contributed by atoms with Crippen LogP contribution in [-0.2, 0) is 0 Å². The van der Waals surface area contributed by atoms with E-state index in [1.54, 1.807) is 30.6 Å². The number of amides is 1. The molecule has 0 radical (unpaired) electrons. The standard InChI is InChI=1S/C26H23FN4O2S/c1-34-25-16-28-15-24(30-25)33-23-9-8-22(20-6-2-3-7-21(20)23)29-26(32)17-12-18(27)14-19(13-17)31-10-4-5-11-31/h2-3,6-9,12-16H,4-5,10-11H2,1H3,(H,29,32). The van der Waals surface area contributed by atoms with Crippen LogP contribution in [0.15, 0.2) is 72.0 Å². The van der Waals surface area contributed by atoms with Gasteiger partial charge >= 0.3 is 0 Å². The van der Waals surface area contributed by atoms with Crippen LogP contribution < -0.4 is 15.0 Å². The summed E-state index contributed by atoms with van der Waals surface area (Å²) in [7, 11) is 0. The van der Waals surface area contributed by atoms with Gasteiger partial charge in [-0.2, -0.15) is 0 Å². The second kappa shape index (κ2) is 9.69. The van der Waals surface area contributed by atoms with Crippen LogP contribution in [0.5, 0.6) is 11.6 Å². The summed E-state index contributed by atoms with van der Waals surface area (Å²) in [4.78, 5) is 23.8. The molecule has 34 heavy (non-hydrogen) atoms. The number of carbonyl (C=O) groups is 1. The van der Waals surface area contributed by atoms with E-state index in [0.29, 0.717) is 17.3 Å². The van der Waals surface area contributed by atoms with Crippen LogP contribution >= 0.6 is 11.8 Å². The number of rotatable bonds is 6. The average Bonchev–Trinajstić information content (AvgIpc) is 3.40. The molecule has 172 valence electrons. The Morgan fingerprint density at radius 3 is 2.65 bits per heavy atom. The highest BCUT2D eigenvalue weighted by Crippen LogP contribution is 2.34. The molecule has 1 fully saturated rings. The summed E-state index contributed by atoms with van der Waals surface area (Å²) in [6.45, 7) is 1.75. The van der Waals surface area contributed by atoms with E-state index >= 15 is 0 Å². The van der Waals surface area contributed by atoms with Gasteiger partial charge in [0.25, 0.3) is 5.91 Å². The second-order valence-electron chi connectivity index (χ2n) is 8.00. The lowest BCUT2D eigenvalue weighted by molar-refractivity contribution is 0.102. The summed E-state index contributed by atoms with van der Waals surface area (Å²) in [5.41, 5.74) is 1.64. The summed E-state index contributed by atoms with van der Waals surface area (Å²) in [5, 5.41) is 5.32. The first kappa shape index (κ1) is 22.2. The topological polar surface area (TPSA) is 67.3 Å². The molecule has 0 saturated carbocycles. The summed E-state index contributed by atoms with van der Waals surface area (Å²) >= 11 is 1.48. The number of halogens is 1.